The number of imidazole rings is 1. The van der Waals surface area contributed by atoms with Crippen molar-refractivity contribution >= 4 is 29.0 Å². The second-order valence-corrected chi connectivity index (χ2v) is 4.68. The van der Waals surface area contributed by atoms with E-state index in [0.29, 0.717) is 0 Å². The van der Waals surface area contributed by atoms with E-state index in [-0.39, 0.29) is 49.8 Å². The molecule has 0 saturated heterocycles. The fraction of sp³-hybridized carbons (Fsp3) is 0.462. The zero-order chi connectivity index (χ0) is 17.5. The van der Waals surface area contributed by atoms with E-state index in [1.807, 2.05) is 0 Å². The van der Waals surface area contributed by atoms with Crippen LogP contribution in [0.2, 0.25) is 0 Å². The highest BCUT2D eigenvalue weighted by Crippen LogP contribution is 2.07. The SMILES string of the molecule is CC(=O)Nc1nc2ncn(COCCOCOC(C)=O)c2c(=O)[nH]1. The van der Waals surface area contributed by atoms with Crippen LogP contribution in [0.1, 0.15) is 13.8 Å². The van der Waals surface area contributed by atoms with Crippen molar-refractivity contribution in [2.75, 3.05) is 25.3 Å². The molecule has 0 fully saturated rings. The highest BCUT2D eigenvalue weighted by molar-refractivity contribution is 5.87. The number of nitrogens with zero attached hydrogens (tertiary/aromatic N) is 3. The molecule has 0 unspecified atom stereocenters. The van der Waals surface area contributed by atoms with Gasteiger partial charge in [0.1, 0.15) is 6.73 Å². The average molecular weight is 339 g/mol. The highest BCUT2D eigenvalue weighted by Gasteiger charge is 2.11. The first-order chi connectivity index (χ1) is 11.5. The number of H-pyrrole nitrogens is 1. The van der Waals surface area contributed by atoms with Crippen LogP contribution in [0.25, 0.3) is 11.2 Å². The largest absolute Gasteiger partial charge is 0.439 e. The van der Waals surface area contributed by atoms with E-state index in [1.165, 1.54) is 24.7 Å². The number of esters is 1. The van der Waals surface area contributed by atoms with Crippen molar-refractivity contribution in [1.29, 1.82) is 0 Å². The number of aromatic nitrogens is 4. The molecule has 2 N–H and O–H groups in total. The van der Waals surface area contributed by atoms with Gasteiger partial charge in [-0.3, -0.25) is 24.7 Å². The third-order valence-corrected chi connectivity index (χ3v) is 2.73. The minimum atomic E-state index is -0.448. The van der Waals surface area contributed by atoms with Crippen molar-refractivity contribution in [1.82, 2.24) is 19.5 Å². The Labute approximate surface area is 135 Å². The van der Waals surface area contributed by atoms with Crippen LogP contribution in [0.5, 0.6) is 0 Å². The molecule has 2 aromatic rings. The topological polar surface area (TPSA) is 137 Å². The van der Waals surface area contributed by atoms with Gasteiger partial charge in [-0.2, -0.15) is 4.98 Å². The first kappa shape index (κ1) is 17.6. The van der Waals surface area contributed by atoms with Crippen LogP contribution in [0.3, 0.4) is 0 Å². The fourth-order valence-electron chi connectivity index (χ4n) is 1.77. The summed E-state index contributed by atoms with van der Waals surface area (Å²) in [6, 6.07) is 0. The molecule has 0 spiro atoms. The van der Waals surface area contributed by atoms with E-state index in [1.54, 1.807) is 0 Å². The van der Waals surface area contributed by atoms with Crippen molar-refractivity contribution in [2.24, 2.45) is 0 Å². The third kappa shape index (κ3) is 4.86. The number of hydrogen-bond donors (Lipinski definition) is 2. The Kier molecular flexibility index (Phi) is 5.98. The number of rotatable bonds is 8. The lowest BCUT2D eigenvalue weighted by molar-refractivity contribution is -0.154. The molecule has 1 amide bonds. The molecule has 0 radical (unpaired) electrons. The van der Waals surface area contributed by atoms with Gasteiger partial charge in [-0.1, -0.05) is 0 Å². The lowest BCUT2D eigenvalue weighted by Crippen LogP contribution is -2.18. The van der Waals surface area contributed by atoms with Gasteiger partial charge in [0.05, 0.1) is 19.5 Å². The summed E-state index contributed by atoms with van der Waals surface area (Å²) in [5, 5.41) is 2.39. The van der Waals surface area contributed by atoms with Gasteiger partial charge in [0.25, 0.3) is 5.56 Å². The summed E-state index contributed by atoms with van der Waals surface area (Å²) < 4.78 is 16.4. The summed E-state index contributed by atoms with van der Waals surface area (Å²) in [6.45, 7) is 2.98. The molecule has 2 rings (SSSR count). The van der Waals surface area contributed by atoms with Crippen LogP contribution >= 0.6 is 0 Å². The summed E-state index contributed by atoms with van der Waals surface area (Å²) in [6.07, 6.45) is 1.41. The number of carbonyl (C=O) groups is 2. The summed E-state index contributed by atoms with van der Waals surface area (Å²) in [5.41, 5.74) is -0.0295. The van der Waals surface area contributed by atoms with Crippen molar-refractivity contribution in [2.45, 2.75) is 20.6 Å². The smallest absolute Gasteiger partial charge is 0.304 e. The molecular formula is C13H17N5O6. The Bertz CT molecular complexity index is 783. The van der Waals surface area contributed by atoms with Crippen LogP contribution in [-0.4, -0.2) is 51.4 Å². The second kappa shape index (κ2) is 8.17. The average Bonchev–Trinajstić information content (AvgIpc) is 2.88. The third-order valence-electron chi connectivity index (χ3n) is 2.73. The van der Waals surface area contributed by atoms with Gasteiger partial charge in [0.15, 0.2) is 18.0 Å². The first-order valence-corrected chi connectivity index (χ1v) is 6.99. The maximum atomic E-state index is 12.1. The highest BCUT2D eigenvalue weighted by atomic mass is 16.7. The fourth-order valence-corrected chi connectivity index (χ4v) is 1.77. The molecule has 0 aliphatic rings. The van der Waals surface area contributed by atoms with Crippen molar-refractivity contribution in [3.63, 3.8) is 0 Å². The molecule has 24 heavy (non-hydrogen) atoms. The molecule has 130 valence electrons. The number of ether oxygens (including phenoxy) is 3. The monoisotopic (exact) mass is 339 g/mol. The maximum Gasteiger partial charge on any atom is 0.304 e. The van der Waals surface area contributed by atoms with Gasteiger partial charge in [-0.15, -0.1) is 0 Å². The van der Waals surface area contributed by atoms with Crippen LogP contribution in [-0.2, 0) is 30.5 Å². The summed E-state index contributed by atoms with van der Waals surface area (Å²) in [7, 11) is 0. The Morgan fingerprint density at radius 1 is 1.29 bits per heavy atom. The number of aromatic amines is 1. The van der Waals surface area contributed by atoms with Crippen LogP contribution in [0.15, 0.2) is 11.1 Å². The van der Waals surface area contributed by atoms with Crippen LogP contribution in [0, 0.1) is 0 Å². The summed E-state index contributed by atoms with van der Waals surface area (Å²) >= 11 is 0. The molecule has 0 aliphatic heterocycles. The van der Waals surface area contributed by atoms with Gasteiger partial charge < -0.3 is 18.8 Å². The van der Waals surface area contributed by atoms with Crippen molar-refractivity contribution in [3.05, 3.63) is 16.7 Å². The normalized spacial score (nSPS) is 10.8. The van der Waals surface area contributed by atoms with Crippen LogP contribution in [0.4, 0.5) is 5.95 Å². The summed E-state index contributed by atoms with van der Waals surface area (Å²) in [4.78, 5) is 44.1. The predicted octanol–water partition coefficient (Wildman–Crippen LogP) is -0.411. The molecule has 0 aliphatic carbocycles. The van der Waals surface area contributed by atoms with Gasteiger partial charge in [0, 0.05) is 13.8 Å². The van der Waals surface area contributed by atoms with Gasteiger partial charge in [-0.05, 0) is 0 Å². The van der Waals surface area contributed by atoms with Crippen molar-refractivity contribution in [3.8, 4) is 0 Å². The van der Waals surface area contributed by atoms with E-state index in [2.05, 4.69) is 25.0 Å². The predicted molar refractivity (Wildman–Crippen MR) is 81.0 cm³/mol. The maximum absolute atomic E-state index is 12.1. The number of fused-ring (bicyclic) bond motifs is 1. The molecule has 2 heterocycles. The first-order valence-electron chi connectivity index (χ1n) is 6.99. The Hall–Kier alpha value is -2.79. The number of anilines is 1. The minimum Gasteiger partial charge on any atom is -0.439 e. The minimum absolute atomic E-state index is 0.0324. The number of carbonyl (C=O) groups excluding carboxylic acids is 2. The molecule has 0 atom stereocenters. The molecule has 11 heteroatoms. The number of nitrogens with one attached hydrogen (secondary N) is 2. The van der Waals surface area contributed by atoms with E-state index < -0.39 is 11.5 Å². The number of amides is 1. The van der Waals surface area contributed by atoms with E-state index in [4.69, 9.17) is 9.47 Å². The lowest BCUT2D eigenvalue weighted by Gasteiger charge is -2.07. The summed E-state index contributed by atoms with van der Waals surface area (Å²) in [5.74, 6) is -0.745. The van der Waals surface area contributed by atoms with Crippen LogP contribution < -0.4 is 10.9 Å². The van der Waals surface area contributed by atoms with E-state index in [0.717, 1.165) is 0 Å². The second-order valence-electron chi connectivity index (χ2n) is 4.68. The molecule has 0 saturated carbocycles. The Balaban J connectivity index is 1.90. The van der Waals surface area contributed by atoms with E-state index in [9.17, 15) is 14.4 Å². The quantitative estimate of drug-likeness (QED) is 0.376. The van der Waals surface area contributed by atoms with E-state index >= 15 is 0 Å². The zero-order valence-corrected chi connectivity index (χ0v) is 13.2. The molecule has 11 nitrogen and oxygen atoms in total. The van der Waals surface area contributed by atoms with Gasteiger partial charge >= 0.3 is 5.97 Å². The molecule has 2 aromatic heterocycles. The zero-order valence-electron chi connectivity index (χ0n) is 13.2. The van der Waals surface area contributed by atoms with Gasteiger partial charge in [0.2, 0.25) is 11.9 Å². The Morgan fingerprint density at radius 3 is 2.75 bits per heavy atom. The van der Waals surface area contributed by atoms with Crippen molar-refractivity contribution < 1.29 is 23.8 Å². The molecule has 0 bridgehead atoms. The number of hydrogen-bond acceptors (Lipinski definition) is 8. The Morgan fingerprint density at radius 2 is 2.04 bits per heavy atom. The molecule has 0 aromatic carbocycles. The standard InChI is InChI=1S/C13H17N5O6/c1-8(19)15-13-16-11-10(12(21)17-13)18(5-14-11)6-22-3-4-23-7-24-9(2)20/h5H,3-4,6-7H2,1-2H3,(H2,15,16,17,19,21). The van der Waals surface area contributed by atoms with Gasteiger partial charge in [-0.25, -0.2) is 4.98 Å². The lowest BCUT2D eigenvalue weighted by atomic mass is 10.5. The molecular weight excluding hydrogens is 322 g/mol.